The third kappa shape index (κ3) is 4.73. The maximum Gasteiger partial charge on any atom is 0.237 e. The summed E-state index contributed by atoms with van der Waals surface area (Å²) in [6.45, 7) is 0.337. The first-order valence-electron chi connectivity index (χ1n) is 10.2. The highest BCUT2D eigenvalue weighted by Crippen LogP contribution is 2.35. The minimum Gasteiger partial charge on any atom is -0.497 e. The van der Waals surface area contributed by atoms with Gasteiger partial charge in [0.15, 0.2) is 0 Å². The fourth-order valence-corrected chi connectivity index (χ4v) is 4.55. The molecule has 0 aliphatic carbocycles. The molecule has 164 valence electrons. The summed E-state index contributed by atoms with van der Waals surface area (Å²) in [7, 11) is 3.24. The molecule has 0 fully saturated rings. The number of rotatable bonds is 7. The Kier molecular flexibility index (Phi) is 6.66. The third-order valence-electron chi connectivity index (χ3n) is 5.25. The molecule has 0 saturated carbocycles. The molecule has 7 heteroatoms. The molecule has 1 N–H and O–H groups in total. The van der Waals surface area contributed by atoms with Crippen molar-refractivity contribution in [1.82, 2.24) is 0 Å². The number of anilines is 2. The van der Waals surface area contributed by atoms with E-state index in [1.54, 1.807) is 19.1 Å². The summed E-state index contributed by atoms with van der Waals surface area (Å²) in [5.74, 6) is 1.74. The first-order valence-corrected chi connectivity index (χ1v) is 11.2. The van der Waals surface area contributed by atoms with Gasteiger partial charge in [-0.05, 0) is 48.0 Å². The summed E-state index contributed by atoms with van der Waals surface area (Å²) in [5, 5.41) is 2.94. The van der Waals surface area contributed by atoms with Crippen molar-refractivity contribution in [3.63, 3.8) is 0 Å². The SMILES string of the molecule is COc1ccc(-c2cc(NC(=O)CCN3C(=O)CSc4ccccc43)ccc2OC)cc1. The number of hydrogen-bond donors (Lipinski definition) is 1. The van der Waals surface area contributed by atoms with Crippen molar-refractivity contribution < 1.29 is 19.1 Å². The Morgan fingerprint density at radius 1 is 1.03 bits per heavy atom. The first kappa shape index (κ1) is 21.8. The monoisotopic (exact) mass is 448 g/mol. The van der Waals surface area contributed by atoms with Gasteiger partial charge in [0.25, 0.3) is 0 Å². The summed E-state index contributed by atoms with van der Waals surface area (Å²) < 4.78 is 10.7. The molecule has 6 nitrogen and oxygen atoms in total. The maximum atomic E-state index is 12.7. The molecule has 0 saturated heterocycles. The lowest BCUT2D eigenvalue weighted by Crippen LogP contribution is -2.37. The normalized spacial score (nSPS) is 12.8. The van der Waals surface area contributed by atoms with Crippen LogP contribution in [0.25, 0.3) is 11.1 Å². The zero-order valence-electron chi connectivity index (χ0n) is 18.0. The van der Waals surface area contributed by atoms with Gasteiger partial charge in [0.2, 0.25) is 11.8 Å². The molecule has 0 spiro atoms. The van der Waals surface area contributed by atoms with Crippen LogP contribution in [0.3, 0.4) is 0 Å². The van der Waals surface area contributed by atoms with Gasteiger partial charge < -0.3 is 19.7 Å². The number of methoxy groups -OCH3 is 2. The lowest BCUT2D eigenvalue weighted by molar-refractivity contribution is -0.117. The van der Waals surface area contributed by atoms with Crippen molar-refractivity contribution >= 4 is 35.0 Å². The van der Waals surface area contributed by atoms with Crippen LogP contribution in [-0.2, 0) is 9.59 Å². The molecule has 0 unspecified atom stereocenters. The van der Waals surface area contributed by atoms with Gasteiger partial charge in [-0.1, -0.05) is 24.3 Å². The van der Waals surface area contributed by atoms with Crippen molar-refractivity contribution in [2.75, 3.05) is 36.7 Å². The molecular weight excluding hydrogens is 424 g/mol. The fraction of sp³-hybridized carbons (Fsp3) is 0.200. The number of ether oxygens (including phenoxy) is 2. The molecule has 1 aliphatic heterocycles. The van der Waals surface area contributed by atoms with Gasteiger partial charge in [0, 0.05) is 29.1 Å². The van der Waals surface area contributed by atoms with Crippen molar-refractivity contribution in [3.8, 4) is 22.6 Å². The number of nitrogens with zero attached hydrogens (tertiary/aromatic N) is 1. The quantitative estimate of drug-likeness (QED) is 0.560. The van der Waals surface area contributed by atoms with E-state index in [0.29, 0.717) is 23.7 Å². The van der Waals surface area contributed by atoms with Crippen LogP contribution in [0.5, 0.6) is 11.5 Å². The Morgan fingerprint density at radius 2 is 1.81 bits per heavy atom. The Morgan fingerprint density at radius 3 is 2.56 bits per heavy atom. The second kappa shape index (κ2) is 9.78. The van der Waals surface area contributed by atoms with Crippen molar-refractivity contribution in [2.45, 2.75) is 11.3 Å². The van der Waals surface area contributed by atoms with Crippen LogP contribution in [0.4, 0.5) is 11.4 Å². The van der Waals surface area contributed by atoms with Crippen LogP contribution in [0.15, 0.2) is 71.6 Å². The number of thioether (sulfide) groups is 1. The highest BCUT2D eigenvalue weighted by molar-refractivity contribution is 8.00. The molecule has 2 amide bonds. The highest BCUT2D eigenvalue weighted by atomic mass is 32.2. The third-order valence-corrected chi connectivity index (χ3v) is 6.30. The van der Waals surface area contributed by atoms with Crippen LogP contribution in [0.1, 0.15) is 6.42 Å². The molecule has 3 aromatic rings. The molecule has 32 heavy (non-hydrogen) atoms. The van der Waals surface area contributed by atoms with Gasteiger partial charge in [-0.3, -0.25) is 9.59 Å². The van der Waals surface area contributed by atoms with Crippen molar-refractivity contribution in [3.05, 3.63) is 66.7 Å². The average Bonchev–Trinajstić information content (AvgIpc) is 2.83. The lowest BCUT2D eigenvalue weighted by Gasteiger charge is -2.28. The second-order valence-corrected chi connectivity index (χ2v) is 8.26. The minimum absolute atomic E-state index is 0.0211. The smallest absolute Gasteiger partial charge is 0.237 e. The summed E-state index contributed by atoms with van der Waals surface area (Å²) in [6, 6.07) is 20.9. The Labute approximate surface area is 191 Å². The standard InChI is InChI=1S/C25H24N2O4S/c1-30-19-10-7-17(8-11-19)20-15-18(9-12-22(20)31-2)26-24(28)13-14-27-21-5-3-4-6-23(21)32-16-25(27)29/h3-12,15H,13-14,16H2,1-2H3,(H,26,28). The number of hydrogen-bond acceptors (Lipinski definition) is 5. The van der Waals surface area contributed by atoms with Crippen LogP contribution >= 0.6 is 11.8 Å². The van der Waals surface area contributed by atoms with Gasteiger partial charge in [0.05, 0.1) is 25.7 Å². The average molecular weight is 449 g/mol. The minimum atomic E-state index is -0.153. The van der Waals surface area contributed by atoms with E-state index in [4.69, 9.17) is 9.47 Å². The van der Waals surface area contributed by atoms with Crippen LogP contribution in [0.2, 0.25) is 0 Å². The largest absolute Gasteiger partial charge is 0.497 e. The van der Waals surface area contributed by atoms with E-state index in [1.807, 2.05) is 66.7 Å². The predicted octanol–water partition coefficient (Wildman–Crippen LogP) is 4.84. The maximum absolute atomic E-state index is 12.7. The number of benzene rings is 3. The van der Waals surface area contributed by atoms with Gasteiger partial charge >= 0.3 is 0 Å². The van der Waals surface area contributed by atoms with E-state index in [2.05, 4.69) is 5.32 Å². The molecule has 1 heterocycles. The topological polar surface area (TPSA) is 67.9 Å². The Balaban J connectivity index is 1.46. The molecule has 0 radical (unpaired) electrons. The first-order chi connectivity index (χ1) is 15.6. The number of fused-ring (bicyclic) bond motifs is 1. The van der Waals surface area contributed by atoms with E-state index in [0.717, 1.165) is 27.5 Å². The number of para-hydroxylation sites is 1. The van der Waals surface area contributed by atoms with E-state index in [-0.39, 0.29) is 18.2 Å². The second-order valence-electron chi connectivity index (χ2n) is 7.24. The van der Waals surface area contributed by atoms with Gasteiger partial charge in [-0.2, -0.15) is 0 Å². The summed E-state index contributed by atoms with van der Waals surface area (Å²) >= 11 is 1.53. The Hall–Kier alpha value is -3.45. The molecule has 0 atom stereocenters. The van der Waals surface area contributed by atoms with Crippen molar-refractivity contribution in [1.29, 1.82) is 0 Å². The number of amides is 2. The van der Waals surface area contributed by atoms with Crippen LogP contribution in [-0.4, -0.2) is 38.3 Å². The Bertz CT molecular complexity index is 1130. The zero-order valence-corrected chi connectivity index (χ0v) is 18.8. The summed E-state index contributed by atoms with van der Waals surface area (Å²) in [5.41, 5.74) is 3.35. The summed E-state index contributed by atoms with van der Waals surface area (Å²) in [6.07, 6.45) is 0.203. The van der Waals surface area contributed by atoms with E-state index in [9.17, 15) is 9.59 Å². The highest BCUT2D eigenvalue weighted by Gasteiger charge is 2.24. The lowest BCUT2D eigenvalue weighted by atomic mass is 10.0. The van der Waals surface area contributed by atoms with Crippen LogP contribution in [0, 0.1) is 0 Å². The number of carbonyl (C=O) groups excluding carboxylic acids is 2. The van der Waals surface area contributed by atoms with E-state index >= 15 is 0 Å². The zero-order chi connectivity index (χ0) is 22.5. The van der Waals surface area contributed by atoms with Gasteiger partial charge in [0.1, 0.15) is 11.5 Å². The van der Waals surface area contributed by atoms with Crippen LogP contribution < -0.4 is 19.7 Å². The number of nitrogens with one attached hydrogen (secondary N) is 1. The van der Waals surface area contributed by atoms with E-state index in [1.165, 1.54) is 11.8 Å². The molecular formula is C25H24N2O4S. The van der Waals surface area contributed by atoms with E-state index < -0.39 is 0 Å². The molecule has 0 aromatic heterocycles. The molecule has 1 aliphatic rings. The summed E-state index contributed by atoms with van der Waals surface area (Å²) in [4.78, 5) is 27.8. The molecule has 0 bridgehead atoms. The molecule has 4 rings (SSSR count). The fourth-order valence-electron chi connectivity index (χ4n) is 3.62. The van der Waals surface area contributed by atoms with Gasteiger partial charge in [-0.15, -0.1) is 11.8 Å². The number of carbonyl (C=O) groups is 2. The van der Waals surface area contributed by atoms with Gasteiger partial charge in [-0.25, -0.2) is 0 Å². The predicted molar refractivity (Wildman–Crippen MR) is 128 cm³/mol. The van der Waals surface area contributed by atoms with Crippen molar-refractivity contribution in [2.24, 2.45) is 0 Å². The molecule has 3 aromatic carbocycles.